The number of carbonyl (C=O) groups is 2. The third-order valence-electron chi connectivity index (χ3n) is 4.20. The van der Waals surface area contributed by atoms with E-state index in [4.69, 9.17) is 14.2 Å². The molecule has 0 aliphatic heterocycles. The molecule has 0 atom stereocenters. The maximum absolute atomic E-state index is 11.5. The maximum atomic E-state index is 11.5. The summed E-state index contributed by atoms with van der Waals surface area (Å²) in [5, 5.41) is 0. The quantitative estimate of drug-likeness (QED) is 0.230. The number of hydrogen-bond donors (Lipinski definition) is 0. The van der Waals surface area contributed by atoms with E-state index in [1.54, 1.807) is 0 Å². The molecule has 0 fully saturated rings. The van der Waals surface area contributed by atoms with Crippen molar-refractivity contribution in [2.45, 2.75) is 97.3 Å². The average Bonchev–Trinajstić information content (AvgIpc) is 2.63. The van der Waals surface area contributed by atoms with Crippen LogP contribution in [0.15, 0.2) is 0 Å². The Kier molecular flexibility index (Phi) is 19.4. The van der Waals surface area contributed by atoms with E-state index >= 15 is 0 Å². The summed E-state index contributed by atoms with van der Waals surface area (Å²) >= 11 is 0. The fourth-order valence-corrected chi connectivity index (χ4v) is 2.60. The number of esters is 2. The van der Waals surface area contributed by atoms with Crippen molar-refractivity contribution in [3.05, 3.63) is 0 Å². The summed E-state index contributed by atoms with van der Waals surface area (Å²) in [6, 6.07) is 0. The van der Waals surface area contributed by atoms with Gasteiger partial charge in [0.25, 0.3) is 0 Å². The molecule has 0 aliphatic carbocycles. The molecule has 154 valence electrons. The molecule has 0 aromatic carbocycles. The highest BCUT2D eigenvalue weighted by atomic mass is 16.6. The summed E-state index contributed by atoms with van der Waals surface area (Å²) in [6.07, 6.45) is 13.5. The van der Waals surface area contributed by atoms with E-state index in [9.17, 15) is 9.59 Å². The van der Waals surface area contributed by atoms with E-state index in [0.717, 1.165) is 25.7 Å². The van der Waals surface area contributed by atoms with Gasteiger partial charge in [-0.1, -0.05) is 71.6 Å². The van der Waals surface area contributed by atoms with Gasteiger partial charge in [0, 0.05) is 12.8 Å². The highest BCUT2D eigenvalue weighted by molar-refractivity contribution is 5.69. The molecule has 5 nitrogen and oxygen atoms in total. The van der Waals surface area contributed by atoms with Crippen molar-refractivity contribution in [1.29, 1.82) is 0 Å². The van der Waals surface area contributed by atoms with Gasteiger partial charge >= 0.3 is 11.9 Å². The second-order valence-electron chi connectivity index (χ2n) is 6.74. The van der Waals surface area contributed by atoms with Gasteiger partial charge in [-0.3, -0.25) is 9.59 Å². The fraction of sp³-hybridized carbons (Fsp3) is 0.905. The van der Waals surface area contributed by atoms with Crippen molar-refractivity contribution >= 4 is 11.9 Å². The van der Waals surface area contributed by atoms with Crippen molar-refractivity contribution in [2.75, 3.05) is 26.4 Å². The molecule has 0 saturated carbocycles. The average molecular weight is 373 g/mol. The van der Waals surface area contributed by atoms with E-state index in [-0.39, 0.29) is 25.2 Å². The van der Waals surface area contributed by atoms with Crippen LogP contribution >= 0.6 is 0 Å². The zero-order chi connectivity index (χ0) is 19.3. The number of ether oxygens (including phenoxy) is 3. The Morgan fingerprint density at radius 1 is 0.538 bits per heavy atom. The van der Waals surface area contributed by atoms with Crippen LogP contribution < -0.4 is 0 Å². The van der Waals surface area contributed by atoms with Crippen molar-refractivity contribution < 1.29 is 23.8 Å². The predicted molar refractivity (Wildman–Crippen MR) is 104 cm³/mol. The zero-order valence-electron chi connectivity index (χ0n) is 17.1. The van der Waals surface area contributed by atoms with Crippen molar-refractivity contribution in [3.63, 3.8) is 0 Å². The maximum Gasteiger partial charge on any atom is 0.305 e. The van der Waals surface area contributed by atoms with Gasteiger partial charge in [0.15, 0.2) is 0 Å². The summed E-state index contributed by atoms with van der Waals surface area (Å²) < 4.78 is 15.5. The summed E-state index contributed by atoms with van der Waals surface area (Å²) in [5.74, 6) is -0.311. The van der Waals surface area contributed by atoms with Crippen LogP contribution in [0.3, 0.4) is 0 Å². The molecule has 0 aliphatic rings. The Balaban J connectivity index is 3.26. The third kappa shape index (κ3) is 19.2. The van der Waals surface area contributed by atoms with E-state index in [2.05, 4.69) is 13.8 Å². The molecule has 0 spiro atoms. The van der Waals surface area contributed by atoms with Crippen LogP contribution in [0, 0.1) is 0 Å². The molecule has 0 bridgehead atoms. The summed E-state index contributed by atoms with van der Waals surface area (Å²) in [5.41, 5.74) is 0. The number of hydrogen-bond acceptors (Lipinski definition) is 5. The minimum absolute atomic E-state index is 0.154. The molecule has 0 heterocycles. The van der Waals surface area contributed by atoms with Gasteiger partial charge in [-0.25, -0.2) is 0 Å². The normalized spacial score (nSPS) is 10.7. The highest BCUT2D eigenvalue weighted by Crippen LogP contribution is 2.07. The topological polar surface area (TPSA) is 61.8 Å². The number of carbonyl (C=O) groups excluding carboxylic acids is 2. The molecule has 0 aromatic heterocycles. The van der Waals surface area contributed by atoms with Crippen LogP contribution in [0.25, 0.3) is 0 Å². The largest absolute Gasteiger partial charge is 0.463 e. The van der Waals surface area contributed by atoms with Gasteiger partial charge in [0.1, 0.15) is 13.2 Å². The second-order valence-corrected chi connectivity index (χ2v) is 6.74. The Bertz CT molecular complexity index is 330. The second kappa shape index (κ2) is 20.2. The molecule has 0 saturated heterocycles. The van der Waals surface area contributed by atoms with Gasteiger partial charge < -0.3 is 14.2 Å². The minimum atomic E-state index is -0.157. The molecule has 0 amide bonds. The lowest BCUT2D eigenvalue weighted by molar-refractivity contribution is -0.146. The zero-order valence-corrected chi connectivity index (χ0v) is 17.1. The summed E-state index contributed by atoms with van der Waals surface area (Å²) in [7, 11) is 0. The Morgan fingerprint density at radius 2 is 0.923 bits per heavy atom. The first-order chi connectivity index (χ1) is 12.7. The third-order valence-corrected chi connectivity index (χ3v) is 4.20. The van der Waals surface area contributed by atoms with E-state index in [1.807, 2.05) is 0 Å². The van der Waals surface area contributed by atoms with Crippen LogP contribution in [0.2, 0.25) is 0 Å². The minimum Gasteiger partial charge on any atom is -0.463 e. The Hall–Kier alpha value is -1.10. The number of unbranched alkanes of at least 4 members (excludes halogenated alkanes) is 9. The van der Waals surface area contributed by atoms with Gasteiger partial charge in [-0.05, 0) is 12.8 Å². The van der Waals surface area contributed by atoms with Crippen LogP contribution in [-0.2, 0) is 23.8 Å². The predicted octanol–water partition coefficient (Wildman–Crippen LogP) is 5.20. The Labute approximate surface area is 160 Å². The standard InChI is InChI=1S/C21H40O5/c1-3-5-7-9-11-13-15-21(23)26-19-17-24-16-18-25-20(22)14-12-10-8-6-4-2/h3-19H2,1-2H3. The van der Waals surface area contributed by atoms with Crippen molar-refractivity contribution in [2.24, 2.45) is 0 Å². The van der Waals surface area contributed by atoms with Gasteiger partial charge in [-0.2, -0.15) is 0 Å². The lowest BCUT2D eigenvalue weighted by atomic mass is 10.1. The van der Waals surface area contributed by atoms with Gasteiger partial charge in [0.05, 0.1) is 13.2 Å². The summed E-state index contributed by atoms with van der Waals surface area (Å²) in [4.78, 5) is 23.0. The highest BCUT2D eigenvalue weighted by Gasteiger charge is 2.04. The van der Waals surface area contributed by atoms with E-state index in [0.29, 0.717) is 26.1 Å². The molecule has 0 radical (unpaired) electrons. The van der Waals surface area contributed by atoms with Crippen LogP contribution in [0.5, 0.6) is 0 Å². The van der Waals surface area contributed by atoms with Gasteiger partial charge in [0.2, 0.25) is 0 Å². The molecule has 0 aromatic rings. The van der Waals surface area contributed by atoms with Crippen molar-refractivity contribution in [1.82, 2.24) is 0 Å². The van der Waals surface area contributed by atoms with Gasteiger partial charge in [-0.15, -0.1) is 0 Å². The molecule has 26 heavy (non-hydrogen) atoms. The molecular weight excluding hydrogens is 332 g/mol. The lowest BCUT2D eigenvalue weighted by Gasteiger charge is -2.07. The van der Waals surface area contributed by atoms with Crippen LogP contribution in [-0.4, -0.2) is 38.4 Å². The SMILES string of the molecule is CCCCCCCCC(=O)OCCOCCOC(=O)CCCCCCC. The molecule has 0 unspecified atom stereocenters. The van der Waals surface area contributed by atoms with Crippen molar-refractivity contribution in [3.8, 4) is 0 Å². The monoisotopic (exact) mass is 372 g/mol. The van der Waals surface area contributed by atoms with Crippen LogP contribution in [0.4, 0.5) is 0 Å². The smallest absolute Gasteiger partial charge is 0.305 e. The molecule has 5 heteroatoms. The molecule has 0 N–H and O–H groups in total. The molecule has 0 rings (SSSR count). The lowest BCUT2D eigenvalue weighted by Crippen LogP contribution is -2.14. The summed E-state index contributed by atoms with van der Waals surface area (Å²) in [6.45, 7) is 5.58. The first-order valence-electron chi connectivity index (χ1n) is 10.6. The fourth-order valence-electron chi connectivity index (χ4n) is 2.60. The first kappa shape index (κ1) is 24.9. The number of rotatable bonds is 19. The van der Waals surface area contributed by atoms with E-state index in [1.165, 1.54) is 44.9 Å². The molecular formula is C21H40O5. The van der Waals surface area contributed by atoms with Crippen LogP contribution in [0.1, 0.15) is 97.3 Å². The first-order valence-corrected chi connectivity index (χ1v) is 10.6. The Morgan fingerprint density at radius 3 is 1.35 bits per heavy atom. The van der Waals surface area contributed by atoms with E-state index < -0.39 is 0 Å².